The molecule has 1 aromatic heterocycles. The molecular formula is C10H14N2O2S. The number of hydrogen-bond donors (Lipinski definition) is 2. The van der Waals surface area contributed by atoms with Crippen molar-refractivity contribution in [1.82, 2.24) is 4.98 Å². The van der Waals surface area contributed by atoms with Gasteiger partial charge in [0.25, 0.3) is 0 Å². The summed E-state index contributed by atoms with van der Waals surface area (Å²) in [6.45, 7) is 3.56. The molecule has 0 saturated heterocycles. The van der Waals surface area contributed by atoms with Gasteiger partial charge in [0.1, 0.15) is 10.6 Å². The minimum Gasteiger partial charge on any atom is -0.480 e. The Morgan fingerprint density at radius 3 is 2.73 bits per heavy atom. The smallest absolute Gasteiger partial charge is 0.319 e. The van der Waals surface area contributed by atoms with E-state index in [1.165, 1.54) is 11.8 Å². The lowest BCUT2D eigenvalue weighted by molar-refractivity contribution is -0.139. The third-order valence-electron chi connectivity index (χ3n) is 2.23. The van der Waals surface area contributed by atoms with E-state index in [0.717, 1.165) is 4.90 Å². The van der Waals surface area contributed by atoms with Gasteiger partial charge in [-0.3, -0.25) is 4.79 Å². The second-order valence-electron chi connectivity index (χ2n) is 3.41. The van der Waals surface area contributed by atoms with E-state index in [1.807, 2.05) is 6.92 Å². The van der Waals surface area contributed by atoms with Crippen LogP contribution in [0.4, 0.5) is 5.82 Å². The highest BCUT2D eigenvalue weighted by Crippen LogP contribution is 2.35. The van der Waals surface area contributed by atoms with E-state index in [4.69, 9.17) is 10.8 Å². The molecule has 0 radical (unpaired) electrons. The lowest BCUT2D eigenvalue weighted by atomic mass is 10.1. The molecule has 82 valence electrons. The molecule has 0 fully saturated rings. The fourth-order valence-corrected chi connectivity index (χ4v) is 1.97. The zero-order chi connectivity index (χ0) is 11.5. The fourth-order valence-electron chi connectivity index (χ4n) is 0.979. The first kappa shape index (κ1) is 11.8. The maximum atomic E-state index is 11.1. The quantitative estimate of drug-likeness (QED) is 0.768. The summed E-state index contributed by atoms with van der Waals surface area (Å²) in [7, 11) is 0. The van der Waals surface area contributed by atoms with E-state index < -0.39 is 10.7 Å². The number of pyridine rings is 1. The van der Waals surface area contributed by atoms with Crippen molar-refractivity contribution >= 4 is 23.5 Å². The molecule has 0 aliphatic carbocycles. The number of aromatic nitrogens is 1. The zero-order valence-electron chi connectivity index (χ0n) is 8.73. The van der Waals surface area contributed by atoms with E-state index in [2.05, 4.69) is 4.98 Å². The highest BCUT2D eigenvalue weighted by Gasteiger charge is 2.32. The number of thioether (sulfide) groups is 1. The summed E-state index contributed by atoms with van der Waals surface area (Å²) < 4.78 is -0.808. The van der Waals surface area contributed by atoms with Gasteiger partial charge >= 0.3 is 5.97 Å². The van der Waals surface area contributed by atoms with Gasteiger partial charge in [0.15, 0.2) is 0 Å². The van der Waals surface area contributed by atoms with Gasteiger partial charge in [-0.1, -0.05) is 6.92 Å². The van der Waals surface area contributed by atoms with E-state index in [1.54, 1.807) is 25.3 Å². The van der Waals surface area contributed by atoms with Crippen LogP contribution in [0.1, 0.15) is 20.3 Å². The molecule has 0 amide bonds. The number of carboxylic acid groups (broad SMARTS) is 1. The molecular weight excluding hydrogens is 212 g/mol. The molecule has 1 unspecified atom stereocenters. The van der Waals surface area contributed by atoms with Crippen molar-refractivity contribution < 1.29 is 9.90 Å². The largest absolute Gasteiger partial charge is 0.480 e. The average Bonchev–Trinajstić information content (AvgIpc) is 2.21. The van der Waals surface area contributed by atoms with Gasteiger partial charge in [-0.25, -0.2) is 4.98 Å². The van der Waals surface area contributed by atoms with Crippen molar-refractivity contribution in [2.75, 3.05) is 5.73 Å². The monoisotopic (exact) mass is 226 g/mol. The molecule has 5 heteroatoms. The Bertz CT molecular complexity index is 353. The lowest BCUT2D eigenvalue weighted by Crippen LogP contribution is -2.30. The van der Waals surface area contributed by atoms with E-state index in [9.17, 15) is 4.79 Å². The summed E-state index contributed by atoms with van der Waals surface area (Å²) in [5.74, 6) is -0.375. The first-order valence-electron chi connectivity index (χ1n) is 4.62. The van der Waals surface area contributed by atoms with Gasteiger partial charge < -0.3 is 10.8 Å². The van der Waals surface area contributed by atoms with Gasteiger partial charge in [-0.2, -0.15) is 0 Å². The Kier molecular flexibility index (Phi) is 3.57. The Hall–Kier alpha value is -1.23. The Morgan fingerprint density at radius 1 is 1.67 bits per heavy atom. The number of anilines is 1. The standard InChI is InChI=1S/C10H14N2O2S/c1-3-10(2,9(13)14)15-7-4-5-8(11)12-6-7/h4-6H,3H2,1-2H3,(H2,11,12)(H,13,14). The first-order valence-corrected chi connectivity index (χ1v) is 5.43. The molecule has 3 N–H and O–H groups in total. The third kappa shape index (κ3) is 2.86. The molecule has 15 heavy (non-hydrogen) atoms. The summed E-state index contributed by atoms with van der Waals surface area (Å²) in [6, 6.07) is 3.45. The number of nitrogen functional groups attached to an aromatic ring is 1. The van der Waals surface area contributed by atoms with Crippen molar-refractivity contribution in [3.8, 4) is 0 Å². The van der Waals surface area contributed by atoms with Crippen molar-refractivity contribution in [3.63, 3.8) is 0 Å². The molecule has 0 bridgehead atoms. The van der Waals surface area contributed by atoms with Crippen LogP contribution in [0, 0.1) is 0 Å². The number of carbonyl (C=O) groups is 1. The van der Waals surface area contributed by atoms with Crippen LogP contribution in [0.5, 0.6) is 0 Å². The van der Waals surface area contributed by atoms with Crippen molar-refractivity contribution in [1.29, 1.82) is 0 Å². The minimum absolute atomic E-state index is 0.438. The SMILES string of the molecule is CCC(C)(Sc1ccc(N)nc1)C(=O)O. The van der Waals surface area contributed by atoms with Crippen LogP contribution in [-0.2, 0) is 4.79 Å². The van der Waals surface area contributed by atoms with Crippen LogP contribution < -0.4 is 5.73 Å². The number of aliphatic carboxylic acids is 1. The third-order valence-corrected chi connectivity index (χ3v) is 3.62. The molecule has 0 aliphatic heterocycles. The first-order chi connectivity index (χ1) is 6.98. The summed E-state index contributed by atoms with van der Waals surface area (Å²) >= 11 is 1.29. The Morgan fingerprint density at radius 2 is 2.33 bits per heavy atom. The Labute approximate surface area is 92.9 Å². The maximum absolute atomic E-state index is 11.1. The highest BCUT2D eigenvalue weighted by molar-refractivity contribution is 8.01. The topological polar surface area (TPSA) is 76.2 Å². The van der Waals surface area contributed by atoms with Crippen LogP contribution in [0.15, 0.2) is 23.2 Å². The van der Waals surface area contributed by atoms with Crippen LogP contribution >= 0.6 is 11.8 Å². The molecule has 1 heterocycles. The van der Waals surface area contributed by atoms with Crippen LogP contribution in [-0.4, -0.2) is 20.8 Å². The number of carboxylic acids is 1. The van der Waals surface area contributed by atoms with E-state index in [-0.39, 0.29) is 0 Å². The molecule has 0 aromatic carbocycles. The van der Waals surface area contributed by atoms with Crippen molar-refractivity contribution in [3.05, 3.63) is 18.3 Å². The predicted molar refractivity (Wildman–Crippen MR) is 60.8 cm³/mol. The number of hydrogen-bond acceptors (Lipinski definition) is 4. The van der Waals surface area contributed by atoms with Gasteiger partial charge in [0.05, 0.1) is 0 Å². The van der Waals surface area contributed by atoms with Gasteiger partial charge in [-0.05, 0) is 25.5 Å². The number of nitrogens with two attached hydrogens (primary N) is 1. The van der Waals surface area contributed by atoms with Crippen LogP contribution in [0.25, 0.3) is 0 Å². The van der Waals surface area contributed by atoms with Gasteiger partial charge in [0, 0.05) is 11.1 Å². The number of rotatable bonds is 4. The average molecular weight is 226 g/mol. The van der Waals surface area contributed by atoms with Gasteiger partial charge in [0.2, 0.25) is 0 Å². The summed E-state index contributed by atoms with van der Waals surface area (Å²) in [5, 5.41) is 9.08. The fraction of sp³-hybridized carbons (Fsp3) is 0.400. The molecule has 0 aliphatic rings. The summed E-state index contributed by atoms with van der Waals surface area (Å²) in [4.78, 5) is 15.8. The predicted octanol–water partition coefficient (Wildman–Crippen LogP) is 2.01. The van der Waals surface area contributed by atoms with Gasteiger partial charge in [-0.15, -0.1) is 11.8 Å². The number of nitrogens with zero attached hydrogens (tertiary/aromatic N) is 1. The highest BCUT2D eigenvalue weighted by atomic mass is 32.2. The van der Waals surface area contributed by atoms with Crippen LogP contribution in [0.2, 0.25) is 0 Å². The van der Waals surface area contributed by atoms with Crippen LogP contribution in [0.3, 0.4) is 0 Å². The molecule has 1 rings (SSSR count). The lowest BCUT2D eigenvalue weighted by Gasteiger charge is -2.21. The maximum Gasteiger partial charge on any atom is 0.319 e. The second kappa shape index (κ2) is 4.53. The zero-order valence-corrected chi connectivity index (χ0v) is 9.54. The van der Waals surface area contributed by atoms with Crippen molar-refractivity contribution in [2.45, 2.75) is 29.9 Å². The van der Waals surface area contributed by atoms with E-state index >= 15 is 0 Å². The van der Waals surface area contributed by atoms with Crippen molar-refractivity contribution in [2.24, 2.45) is 0 Å². The second-order valence-corrected chi connectivity index (χ2v) is 4.99. The van der Waals surface area contributed by atoms with E-state index in [0.29, 0.717) is 12.2 Å². The molecule has 0 saturated carbocycles. The molecule has 1 aromatic rings. The summed E-state index contributed by atoms with van der Waals surface area (Å²) in [5.41, 5.74) is 5.45. The molecule has 0 spiro atoms. The normalized spacial score (nSPS) is 14.5. The summed E-state index contributed by atoms with van der Waals surface area (Å²) in [6.07, 6.45) is 2.15. The molecule has 4 nitrogen and oxygen atoms in total. The Balaban J connectivity index is 2.84. The molecule has 1 atom stereocenters. The minimum atomic E-state index is -0.813.